The van der Waals surface area contributed by atoms with Crippen LogP contribution >= 0.6 is 0 Å². The second kappa shape index (κ2) is 7.49. The Labute approximate surface area is 157 Å². The van der Waals surface area contributed by atoms with Crippen molar-refractivity contribution in [2.75, 3.05) is 5.32 Å². The normalized spacial score (nSPS) is 19.2. The number of sulfonamides is 1. The maximum atomic E-state index is 14.0. The highest BCUT2D eigenvalue weighted by atomic mass is 32.2. The van der Waals surface area contributed by atoms with Gasteiger partial charge in [0.15, 0.2) is 17.5 Å². The molecule has 2 aromatic rings. The van der Waals surface area contributed by atoms with Crippen LogP contribution in [0.1, 0.15) is 23.2 Å². The Bertz CT molecular complexity index is 1020. The summed E-state index contributed by atoms with van der Waals surface area (Å²) in [5.41, 5.74) is -0.711. The number of hydrogen-bond acceptors (Lipinski definition) is 4. The summed E-state index contributed by atoms with van der Waals surface area (Å²) in [5, 5.41) is 11.3. The van der Waals surface area contributed by atoms with Gasteiger partial charge in [-0.15, -0.1) is 0 Å². The third-order valence-electron chi connectivity index (χ3n) is 4.16. The Morgan fingerprint density at radius 2 is 1.61 bits per heavy atom. The predicted octanol–water partition coefficient (Wildman–Crippen LogP) is 2.30. The zero-order chi connectivity index (χ0) is 20.6. The van der Waals surface area contributed by atoms with E-state index in [1.807, 2.05) is 0 Å². The molecule has 0 saturated heterocycles. The standard InChI is InChI=1S/C17H14F4N2O4S/c18-12-2-1-8(3-15(12)28(26,27)23-10-4-11(24)5-10)17(25)22-9-6-13(19)16(21)14(20)7-9/h1-3,6-7,10-11,23-24H,4-5H2,(H,22,25)/t10-,11+. The molecule has 0 spiro atoms. The Kier molecular flexibility index (Phi) is 5.41. The molecule has 1 fully saturated rings. The van der Waals surface area contributed by atoms with E-state index in [2.05, 4.69) is 10.0 Å². The molecule has 0 bridgehead atoms. The molecular formula is C17H14F4N2O4S. The Morgan fingerprint density at radius 1 is 1.00 bits per heavy atom. The highest BCUT2D eigenvalue weighted by Crippen LogP contribution is 2.24. The first-order valence-electron chi connectivity index (χ1n) is 8.02. The molecule has 0 heterocycles. The van der Waals surface area contributed by atoms with Crippen LogP contribution in [0.15, 0.2) is 35.2 Å². The average molecular weight is 418 g/mol. The molecule has 6 nitrogen and oxygen atoms in total. The van der Waals surface area contributed by atoms with Gasteiger partial charge in [0.25, 0.3) is 5.91 Å². The van der Waals surface area contributed by atoms with Gasteiger partial charge in [0.2, 0.25) is 10.0 Å². The molecular weight excluding hydrogens is 404 g/mol. The van der Waals surface area contributed by atoms with E-state index in [0.29, 0.717) is 12.1 Å². The van der Waals surface area contributed by atoms with Crippen LogP contribution in [0.3, 0.4) is 0 Å². The molecule has 3 N–H and O–H groups in total. The number of carbonyl (C=O) groups is 1. The zero-order valence-electron chi connectivity index (χ0n) is 14.0. The van der Waals surface area contributed by atoms with Gasteiger partial charge in [-0.3, -0.25) is 4.79 Å². The number of nitrogens with one attached hydrogen (secondary N) is 2. The van der Waals surface area contributed by atoms with E-state index in [4.69, 9.17) is 0 Å². The SMILES string of the molecule is O=C(Nc1cc(F)c(F)c(F)c1)c1ccc(F)c(S(=O)(=O)N[C@H]2C[C@@H](O)C2)c1. The number of anilines is 1. The molecule has 0 atom stereocenters. The number of benzene rings is 2. The number of aliphatic hydroxyl groups is 1. The second-order valence-corrected chi connectivity index (χ2v) is 7.98. The molecule has 28 heavy (non-hydrogen) atoms. The molecule has 0 aliphatic heterocycles. The molecule has 0 aromatic heterocycles. The topological polar surface area (TPSA) is 95.5 Å². The van der Waals surface area contributed by atoms with E-state index >= 15 is 0 Å². The van der Waals surface area contributed by atoms with Crippen LogP contribution in [0.4, 0.5) is 23.2 Å². The Morgan fingerprint density at radius 3 is 2.18 bits per heavy atom. The molecule has 1 saturated carbocycles. The number of aliphatic hydroxyl groups excluding tert-OH is 1. The van der Waals surface area contributed by atoms with Crippen LogP contribution < -0.4 is 10.0 Å². The van der Waals surface area contributed by atoms with Crippen LogP contribution in [0.5, 0.6) is 0 Å². The van der Waals surface area contributed by atoms with E-state index in [1.165, 1.54) is 0 Å². The minimum Gasteiger partial charge on any atom is -0.393 e. The quantitative estimate of drug-likeness (QED) is 0.513. The fourth-order valence-corrected chi connectivity index (χ4v) is 4.01. The number of amides is 1. The van der Waals surface area contributed by atoms with Crippen molar-refractivity contribution in [2.24, 2.45) is 0 Å². The van der Waals surface area contributed by atoms with Crippen molar-refractivity contribution in [3.05, 3.63) is 59.2 Å². The highest BCUT2D eigenvalue weighted by molar-refractivity contribution is 7.89. The van der Waals surface area contributed by atoms with E-state index in [-0.39, 0.29) is 18.4 Å². The zero-order valence-corrected chi connectivity index (χ0v) is 14.9. The first-order chi connectivity index (χ1) is 13.1. The van der Waals surface area contributed by atoms with Crippen LogP contribution in [-0.2, 0) is 10.0 Å². The van der Waals surface area contributed by atoms with Crippen molar-refractivity contribution in [3.63, 3.8) is 0 Å². The van der Waals surface area contributed by atoms with Gasteiger partial charge in [0.1, 0.15) is 10.7 Å². The smallest absolute Gasteiger partial charge is 0.255 e. The van der Waals surface area contributed by atoms with Gasteiger partial charge in [-0.2, -0.15) is 0 Å². The fraction of sp³-hybridized carbons (Fsp3) is 0.235. The number of hydrogen-bond donors (Lipinski definition) is 3. The van der Waals surface area contributed by atoms with Crippen molar-refractivity contribution in [1.29, 1.82) is 0 Å². The van der Waals surface area contributed by atoms with E-state index in [0.717, 1.165) is 18.2 Å². The Balaban J connectivity index is 1.83. The predicted molar refractivity (Wildman–Crippen MR) is 90.0 cm³/mol. The molecule has 1 aliphatic rings. The van der Waals surface area contributed by atoms with Crippen LogP contribution in [-0.4, -0.2) is 31.6 Å². The average Bonchev–Trinajstić information content (AvgIpc) is 2.58. The first-order valence-corrected chi connectivity index (χ1v) is 9.51. The lowest BCUT2D eigenvalue weighted by Gasteiger charge is -2.31. The summed E-state index contributed by atoms with van der Waals surface area (Å²) >= 11 is 0. The van der Waals surface area contributed by atoms with E-state index < -0.39 is 61.9 Å². The molecule has 1 aliphatic carbocycles. The summed E-state index contributed by atoms with van der Waals surface area (Å²) in [6, 6.07) is 3.03. The van der Waals surface area contributed by atoms with Crippen LogP contribution in [0.2, 0.25) is 0 Å². The first kappa shape index (κ1) is 20.2. The molecule has 0 unspecified atom stereocenters. The van der Waals surface area contributed by atoms with Gasteiger partial charge in [-0.05, 0) is 31.0 Å². The lowest BCUT2D eigenvalue weighted by molar-refractivity contribution is 0.0712. The van der Waals surface area contributed by atoms with Gasteiger partial charge >= 0.3 is 0 Å². The summed E-state index contributed by atoms with van der Waals surface area (Å²) in [4.78, 5) is 11.4. The molecule has 150 valence electrons. The summed E-state index contributed by atoms with van der Waals surface area (Å²) in [7, 11) is -4.31. The van der Waals surface area contributed by atoms with Crippen LogP contribution in [0.25, 0.3) is 0 Å². The summed E-state index contributed by atoms with van der Waals surface area (Å²) in [6.45, 7) is 0. The van der Waals surface area contributed by atoms with Gasteiger partial charge in [0, 0.05) is 29.4 Å². The highest BCUT2D eigenvalue weighted by Gasteiger charge is 2.32. The van der Waals surface area contributed by atoms with E-state index in [9.17, 15) is 35.9 Å². The number of rotatable bonds is 5. The molecule has 2 aromatic carbocycles. The minimum atomic E-state index is -4.31. The monoisotopic (exact) mass is 418 g/mol. The van der Waals surface area contributed by atoms with Gasteiger partial charge in [0.05, 0.1) is 6.10 Å². The third kappa shape index (κ3) is 4.16. The summed E-state index contributed by atoms with van der Waals surface area (Å²) in [6.07, 6.45) is -0.267. The Hall–Kier alpha value is -2.50. The lowest BCUT2D eigenvalue weighted by atomic mass is 9.91. The fourth-order valence-electron chi connectivity index (χ4n) is 2.65. The molecule has 1 amide bonds. The maximum Gasteiger partial charge on any atom is 0.255 e. The van der Waals surface area contributed by atoms with Crippen LogP contribution in [0, 0.1) is 23.3 Å². The van der Waals surface area contributed by atoms with Gasteiger partial charge < -0.3 is 10.4 Å². The van der Waals surface area contributed by atoms with Crippen molar-refractivity contribution in [1.82, 2.24) is 4.72 Å². The lowest BCUT2D eigenvalue weighted by Crippen LogP contribution is -2.46. The molecule has 3 rings (SSSR count). The number of halogens is 4. The van der Waals surface area contributed by atoms with Crippen molar-refractivity contribution in [3.8, 4) is 0 Å². The second-order valence-electron chi connectivity index (χ2n) is 6.30. The molecule has 11 heteroatoms. The summed E-state index contributed by atoms with van der Waals surface area (Å²) < 4.78 is 80.3. The maximum absolute atomic E-state index is 14.0. The molecule has 0 radical (unpaired) electrons. The largest absolute Gasteiger partial charge is 0.393 e. The van der Waals surface area contributed by atoms with Gasteiger partial charge in [-0.25, -0.2) is 30.7 Å². The van der Waals surface area contributed by atoms with Crippen molar-refractivity contribution < 1.29 is 35.9 Å². The van der Waals surface area contributed by atoms with Crippen molar-refractivity contribution in [2.45, 2.75) is 29.9 Å². The summed E-state index contributed by atoms with van der Waals surface area (Å²) in [5.74, 6) is -6.85. The number of carbonyl (C=O) groups excluding carboxylic acids is 1. The minimum absolute atomic E-state index is 0.183. The van der Waals surface area contributed by atoms with Crippen molar-refractivity contribution >= 4 is 21.6 Å². The van der Waals surface area contributed by atoms with Gasteiger partial charge in [-0.1, -0.05) is 0 Å². The van der Waals surface area contributed by atoms with E-state index in [1.54, 1.807) is 0 Å². The third-order valence-corrected chi connectivity index (χ3v) is 5.70.